The molecule has 1 unspecified atom stereocenters. The van der Waals surface area contributed by atoms with E-state index in [9.17, 15) is 14.9 Å². The number of ketones is 1. The Morgan fingerprint density at radius 2 is 2.00 bits per heavy atom. The molecule has 1 aromatic heterocycles. The van der Waals surface area contributed by atoms with Gasteiger partial charge < -0.3 is 20.5 Å². The number of benzene rings is 2. The number of amides is 1. The highest BCUT2D eigenvalue weighted by Crippen LogP contribution is 2.52. The molecule has 2 aliphatic rings. The van der Waals surface area contributed by atoms with E-state index in [-0.39, 0.29) is 34.3 Å². The second kappa shape index (κ2) is 12.1. The zero-order chi connectivity index (χ0) is 30.9. The van der Waals surface area contributed by atoms with Gasteiger partial charge in [0.2, 0.25) is 11.0 Å². The molecule has 0 radical (unpaired) electrons. The topological polar surface area (TPSA) is 143 Å². The molecule has 1 aliphatic carbocycles. The van der Waals surface area contributed by atoms with Crippen LogP contribution in [0.2, 0.25) is 0 Å². The SMILES string of the molecule is COc1ccc(OC)c(C2C(C#N)=C(N)N(c3nnc(SCC(=O)Nc4cccc(C)c4)s3)C3=C2C(=O)CC(C)(C)C3)c1. The van der Waals surface area contributed by atoms with E-state index in [1.165, 1.54) is 23.1 Å². The Bertz CT molecular complexity index is 1700. The number of hydrogen-bond acceptors (Lipinski definition) is 11. The van der Waals surface area contributed by atoms with Gasteiger partial charge in [0, 0.05) is 28.9 Å². The van der Waals surface area contributed by atoms with Crippen LogP contribution in [0.5, 0.6) is 11.5 Å². The van der Waals surface area contributed by atoms with Gasteiger partial charge in [-0.15, -0.1) is 10.2 Å². The number of nitrogens with two attached hydrogens (primary N) is 1. The van der Waals surface area contributed by atoms with Gasteiger partial charge >= 0.3 is 0 Å². The number of allylic oxidation sites excluding steroid dienone is 3. The number of methoxy groups -OCH3 is 2. The van der Waals surface area contributed by atoms with E-state index < -0.39 is 5.92 Å². The van der Waals surface area contributed by atoms with Crippen LogP contribution in [0.1, 0.15) is 43.7 Å². The molecule has 222 valence electrons. The molecular weight excluding hydrogens is 585 g/mol. The quantitative estimate of drug-likeness (QED) is 0.310. The number of nitrogens with zero attached hydrogens (tertiary/aromatic N) is 4. The average Bonchev–Trinajstić information content (AvgIpc) is 3.43. The summed E-state index contributed by atoms with van der Waals surface area (Å²) in [5.74, 6) is 0.409. The lowest BCUT2D eigenvalue weighted by atomic mass is 9.68. The molecule has 10 nitrogen and oxygen atoms in total. The lowest BCUT2D eigenvalue weighted by Gasteiger charge is -2.42. The van der Waals surface area contributed by atoms with Crippen molar-refractivity contribution in [1.29, 1.82) is 5.26 Å². The molecule has 3 aromatic rings. The number of aryl methyl sites for hydroxylation is 1. The van der Waals surface area contributed by atoms with Gasteiger partial charge in [0.15, 0.2) is 10.1 Å². The fourth-order valence-corrected chi connectivity index (χ4v) is 7.18. The molecule has 5 rings (SSSR count). The summed E-state index contributed by atoms with van der Waals surface area (Å²) in [6.45, 7) is 6.02. The van der Waals surface area contributed by atoms with Crippen LogP contribution in [0.4, 0.5) is 10.8 Å². The van der Waals surface area contributed by atoms with Gasteiger partial charge in [-0.1, -0.05) is 49.1 Å². The lowest BCUT2D eigenvalue weighted by molar-refractivity contribution is -0.118. The highest BCUT2D eigenvalue weighted by molar-refractivity contribution is 8.01. The van der Waals surface area contributed by atoms with Crippen LogP contribution in [0.15, 0.2) is 69.5 Å². The van der Waals surface area contributed by atoms with E-state index in [0.29, 0.717) is 50.6 Å². The summed E-state index contributed by atoms with van der Waals surface area (Å²) < 4.78 is 11.7. The molecule has 0 bridgehead atoms. The Hall–Kier alpha value is -4.34. The highest BCUT2D eigenvalue weighted by Gasteiger charge is 2.46. The number of thioether (sulfide) groups is 1. The first-order valence-electron chi connectivity index (χ1n) is 13.6. The highest BCUT2D eigenvalue weighted by atomic mass is 32.2. The third-order valence-corrected chi connectivity index (χ3v) is 9.39. The number of nitrogens with one attached hydrogen (secondary N) is 1. The monoisotopic (exact) mass is 616 g/mol. The number of nitriles is 1. The van der Waals surface area contributed by atoms with Crippen molar-refractivity contribution in [1.82, 2.24) is 10.2 Å². The number of aromatic nitrogens is 2. The van der Waals surface area contributed by atoms with Crippen LogP contribution in [0.3, 0.4) is 0 Å². The Morgan fingerprint density at radius 3 is 2.70 bits per heavy atom. The fraction of sp³-hybridized carbons (Fsp3) is 0.323. The average molecular weight is 617 g/mol. The van der Waals surface area contributed by atoms with E-state index in [2.05, 4.69) is 21.6 Å². The van der Waals surface area contributed by atoms with Crippen molar-refractivity contribution in [3.8, 4) is 17.6 Å². The molecule has 2 aromatic carbocycles. The van der Waals surface area contributed by atoms with Gasteiger partial charge in [-0.25, -0.2) is 0 Å². The summed E-state index contributed by atoms with van der Waals surface area (Å²) in [4.78, 5) is 28.1. The minimum Gasteiger partial charge on any atom is -0.497 e. The van der Waals surface area contributed by atoms with Gasteiger partial charge in [-0.3, -0.25) is 14.5 Å². The molecule has 1 atom stereocenters. The molecule has 1 aliphatic heterocycles. The smallest absolute Gasteiger partial charge is 0.234 e. The third-order valence-electron chi connectivity index (χ3n) is 7.34. The maximum absolute atomic E-state index is 13.9. The van der Waals surface area contributed by atoms with E-state index in [1.807, 2.05) is 45.0 Å². The number of carbonyl (C=O) groups excluding carboxylic acids is 2. The van der Waals surface area contributed by atoms with Crippen molar-refractivity contribution >= 4 is 45.6 Å². The lowest BCUT2D eigenvalue weighted by Crippen LogP contribution is -2.42. The van der Waals surface area contributed by atoms with E-state index in [0.717, 1.165) is 11.3 Å². The van der Waals surface area contributed by atoms with E-state index >= 15 is 0 Å². The summed E-state index contributed by atoms with van der Waals surface area (Å²) in [6, 6.07) is 15.2. The molecule has 3 N–H and O–H groups in total. The van der Waals surface area contributed by atoms with E-state index in [1.54, 1.807) is 37.3 Å². The Balaban J connectivity index is 1.51. The first-order valence-corrected chi connectivity index (χ1v) is 15.4. The normalized spacial score (nSPS) is 17.8. The van der Waals surface area contributed by atoms with Crippen LogP contribution < -0.4 is 25.4 Å². The van der Waals surface area contributed by atoms with Crippen LogP contribution in [0.25, 0.3) is 0 Å². The van der Waals surface area contributed by atoms with E-state index in [4.69, 9.17) is 15.2 Å². The summed E-state index contributed by atoms with van der Waals surface area (Å²) in [6.07, 6.45) is 0.839. The molecule has 0 fully saturated rings. The summed E-state index contributed by atoms with van der Waals surface area (Å²) in [7, 11) is 3.10. The summed E-state index contributed by atoms with van der Waals surface area (Å²) in [5.41, 5.74) is 10.2. The number of anilines is 2. The predicted octanol–water partition coefficient (Wildman–Crippen LogP) is 5.54. The second-order valence-corrected chi connectivity index (χ2v) is 13.3. The molecule has 12 heteroatoms. The fourth-order valence-electron chi connectivity index (χ4n) is 5.50. The molecule has 1 amide bonds. The van der Waals surface area contributed by atoms with Gasteiger partial charge in [0.1, 0.15) is 17.3 Å². The standard InChI is InChI=1S/C31H32N6O4S2/c1-17-7-6-8-18(11-17)34-25(39)16-42-30-36-35-29(43-30)37-22-13-31(2,3)14-23(38)27(22)26(21(15-32)28(37)33)20-12-19(40-4)9-10-24(20)41-5/h6-12,26H,13-14,16,33H2,1-5H3,(H,34,39). The molecule has 2 heterocycles. The summed E-state index contributed by atoms with van der Waals surface area (Å²) in [5, 5.41) is 22.4. The van der Waals surface area contributed by atoms with Crippen molar-refractivity contribution in [2.75, 3.05) is 30.2 Å². The Morgan fingerprint density at radius 1 is 1.21 bits per heavy atom. The Kier molecular flexibility index (Phi) is 8.48. The van der Waals surface area contributed by atoms with Crippen LogP contribution in [-0.2, 0) is 9.59 Å². The largest absolute Gasteiger partial charge is 0.497 e. The number of Topliss-reactive ketones (excluding diaryl/α,β-unsaturated/α-hetero) is 1. The molecule has 43 heavy (non-hydrogen) atoms. The number of rotatable bonds is 8. The maximum Gasteiger partial charge on any atom is 0.234 e. The van der Waals surface area contributed by atoms with Crippen molar-refractivity contribution in [3.05, 3.63) is 76.3 Å². The van der Waals surface area contributed by atoms with Crippen molar-refractivity contribution < 1.29 is 19.1 Å². The van der Waals surface area contributed by atoms with Gasteiger partial charge in [0.05, 0.1) is 37.5 Å². The van der Waals surface area contributed by atoms with Crippen LogP contribution in [0, 0.1) is 23.7 Å². The first kappa shape index (κ1) is 30.1. The molecule has 0 saturated heterocycles. The number of hydrogen-bond donors (Lipinski definition) is 2. The van der Waals surface area contributed by atoms with Gasteiger partial charge in [0.25, 0.3) is 0 Å². The molecular formula is C31H32N6O4S2. The van der Waals surface area contributed by atoms with Crippen molar-refractivity contribution in [3.63, 3.8) is 0 Å². The Labute approximate surface area is 258 Å². The molecule has 0 saturated carbocycles. The zero-order valence-corrected chi connectivity index (χ0v) is 26.2. The maximum atomic E-state index is 13.9. The number of ether oxygens (including phenoxy) is 2. The van der Waals surface area contributed by atoms with Gasteiger partial charge in [-0.05, 0) is 54.7 Å². The van der Waals surface area contributed by atoms with Crippen LogP contribution in [-0.4, -0.2) is 41.9 Å². The van der Waals surface area contributed by atoms with Crippen molar-refractivity contribution in [2.45, 2.75) is 43.9 Å². The van der Waals surface area contributed by atoms with Crippen LogP contribution >= 0.6 is 23.1 Å². The predicted molar refractivity (Wildman–Crippen MR) is 167 cm³/mol. The third kappa shape index (κ3) is 6.09. The second-order valence-electron chi connectivity index (χ2n) is 11.1. The minimum atomic E-state index is -0.739. The zero-order valence-electron chi connectivity index (χ0n) is 24.6. The van der Waals surface area contributed by atoms with Gasteiger partial charge in [-0.2, -0.15) is 5.26 Å². The minimum absolute atomic E-state index is 0.0710. The van der Waals surface area contributed by atoms with Crippen molar-refractivity contribution in [2.24, 2.45) is 11.1 Å². The first-order chi connectivity index (χ1) is 20.5. The number of carbonyl (C=O) groups is 2. The molecule has 0 spiro atoms. The summed E-state index contributed by atoms with van der Waals surface area (Å²) >= 11 is 2.50.